The minimum absolute atomic E-state index is 0.301. The predicted molar refractivity (Wildman–Crippen MR) is 76.5 cm³/mol. The molecule has 0 amide bonds. The van der Waals surface area contributed by atoms with Gasteiger partial charge in [0.05, 0.1) is 4.90 Å². The molecule has 1 aromatic carbocycles. The third-order valence-corrected chi connectivity index (χ3v) is 5.27. The number of hydrogen-bond donors (Lipinski definition) is 1. The molecule has 6 heteroatoms. The summed E-state index contributed by atoms with van der Waals surface area (Å²) >= 11 is 0. The topological polar surface area (TPSA) is 66.6 Å². The summed E-state index contributed by atoms with van der Waals surface area (Å²) in [4.78, 5) is 2.45. The second-order valence-corrected chi connectivity index (χ2v) is 7.08. The maximum atomic E-state index is 12.6. The quantitative estimate of drug-likeness (QED) is 0.819. The molecule has 0 saturated carbocycles. The van der Waals surface area contributed by atoms with E-state index in [9.17, 15) is 8.42 Å². The minimum atomic E-state index is -3.43. The lowest BCUT2D eigenvalue weighted by molar-refractivity contribution is 0.347. The average molecular weight is 283 g/mol. The van der Waals surface area contributed by atoms with Gasteiger partial charge in [-0.05, 0) is 50.7 Å². The lowest BCUT2D eigenvalue weighted by atomic mass is 10.2. The Morgan fingerprint density at radius 3 is 2.53 bits per heavy atom. The van der Waals surface area contributed by atoms with Crippen molar-refractivity contribution in [3.05, 3.63) is 23.8 Å². The number of anilines is 1. The van der Waals surface area contributed by atoms with Gasteiger partial charge >= 0.3 is 0 Å². The summed E-state index contributed by atoms with van der Waals surface area (Å²) in [5.74, 6) is 0. The molecule has 0 spiro atoms. The van der Waals surface area contributed by atoms with Crippen LogP contribution >= 0.6 is 0 Å². The molecule has 1 saturated heterocycles. The van der Waals surface area contributed by atoms with Crippen LogP contribution in [-0.2, 0) is 10.0 Å². The van der Waals surface area contributed by atoms with Gasteiger partial charge < -0.3 is 10.6 Å². The molecule has 2 rings (SSSR count). The van der Waals surface area contributed by atoms with Crippen molar-refractivity contribution < 1.29 is 8.42 Å². The van der Waals surface area contributed by atoms with Gasteiger partial charge in [0.25, 0.3) is 0 Å². The van der Waals surface area contributed by atoms with Gasteiger partial charge in [-0.25, -0.2) is 8.42 Å². The number of sulfonamides is 1. The maximum Gasteiger partial charge on any atom is 0.243 e. The summed E-state index contributed by atoms with van der Waals surface area (Å²) in [6.45, 7) is 4.65. The molecule has 5 nitrogen and oxygen atoms in total. The van der Waals surface area contributed by atoms with E-state index in [0.717, 1.165) is 25.1 Å². The Balaban J connectivity index is 2.30. The normalized spacial score (nSPS) is 19.3. The van der Waals surface area contributed by atoms with Gasteiger partial charge in [0.15, 0.2) is 0 Å². The highest BCUT2D eigenvalue weighted by Crippen LogP contribution is 2.21. The summed E-state index contributed by atoms with van der Waals surface area (Å²) in [7, 11) is -1.41. The number of rotatable bonds is 2. The molecule has 0 aliphatic carbocycles. The number of nitrogen functional groups attached to an aromatic ring is 1. The van der Waals surface area contributed by atoms with Crippen LogP contribution in [0.25, 0.3) is 0 Å². The highest BCUT2D eigenvalue weighted by atomic mass is 32.2. The van der Waals surface area contributed by atoms with Crippen molar-refractivity contribution in [1.82, 2.24) is 9.21 Å². The largest absolute Gasteiger partial charge is 0.399 e. The predicted octanol–water partition coefficient (Wildman–Crippen LogP) is 0.903. The van der Waals surface area contributed by atoms with Crippen LogP contribution in [0.2, 0.25) is 0 Å². The summed E-state index contributed by atoms with van der Waals surface area (Å²) in [5, 5.41) is 0. The number of likely N-dealkylation sites (N-methyl/N-ethyl adjacent to an activating group) is 1. The van der Waals surface area contributed by atoms with E-state index in [1.165, 1.54) is 6.07 Å². The third-order valence-electron chi connectivity index (χ3n) is 3.39. The number of hydrogen-bond acceptors (Lipinski definition) is 4. The molecule has 1 aliphatic rings. The fourth-order valence-electron chi connectivity index (χ4n) is 2.34. The van der Waals surface area contributed by atoms with Crippen LogP contribution in [0.15, 0.2) is 23.1 Å². The van der Waals surface area contributed by atoms with Gasteiger partial charge in [-0.3, -0.25) is 0 Å². The SMILES string of the molecule is Cc1cc(N)cc(S(=O)(=O)N2CCCN(C)CC2)c1. The molecule has 1 aromatic rings. The van der Waals surface area contributed by atoms with E-state index in [0.29, 0.717) is 23.7 Å². The van der Waals surface area contributed by atoms with Crippen molar-refractivity contribution in [2.45, 2.75) is 18.2 Å². The lowest BCUT2D eigenvalue weighted by Crippen LogP contribution is -2.34. The minimum Gasteiger partial charge on any atom is -0.399 e. The van der Waals surface area contributed by atoms with Gasteiger partial charge in [-0.1, -0.05) is 0 Å². The fourth-order valence-corrected chi connectivity index (χ4v) is 3.95. The van der Waals surface area contributed by atoms with E-state index in [-0.39, 0.29) is 0 Å². The summed E-state index contributed by atoms with van der Waals surface area (Å²) in [6.07, 6.45) is 0.858. The van der Waals surface area contributed by atoms with E-state index in [2.05, 4.69) is 4.90 Å². The molecule has 1 aliphatic heterocycles. The van der Waals surface area contributed by atoms with E-state index in [1.807, 2.05) is 14.0 Å². The van der Waals surface area contributed by atoms with Crippen LogP contribution in [0, 0.1) is 6.92 Å². The van der Waals surface area contributed by atoms with Crippen molar-refractivity contribution in [2.75, 3.05) is 39.0 Å². The molecule has 0 bridgehead atoms. The monoisotopic (exact) mass is 283 g/mol. The molecule has 0 radical (unpaired) electrons. The van der Waals surface area contributed by atoms with Gasteiger partial charge in [0.1, 0.15) is 0 Å². The Kier molecular flexibility index (Phi) is 4.13. The Bertz CT molecular complexity index is 537. The fraction of sp³-hybridized carbons (Fsp3) is 0.538. The number of nitrogens with zero attached hydrogens (tertiary/aromatic N) is 2. The van der Waals surface area contributed by atoms with Crippen molar-refractivity contribution in [3.63, 3.8) is 0 Å². The number of aryl methyl sites for hydroxylation is 1. The van der Waals surface area contributed by atoms with Crippen LogP contribution in [0.1, 0.15) is 12.0 Å². The zero-order valence-corrected chi connectivity index (χ0v) is 12.3. The Morgan fingerprint density at radius 1 is 1.11 bits per heavy atom. The Morgan fingerprint density at radius 2 is 1.84 bits per heavy atom. The highest BCUT2D eigenvalue weighted by molar-refractivity contribution is 7.89. The molecule has 1 heterocycles. The average Bonchev–Trinajstić information content (AvgIpc) is 2.53. The molecule has 106 valence electrons. The Labute approximate surface area is 115 Å². The second kappa shape index (κ2) is 5.48. The van der Waals surface area contributed by atoms with Gasteiger partial charge in [0, 0.05) is 25.3 Å². The standard InChI is InChI=1S/C13H21N3O2S/c1-11-8-12(14)10-13(9-11)19(17,18)16-5-3-4-15(2)6-7-16/h8-10H,3-7,14H2,1-2H3. The van der Waals surface area contributed by atoms with Gasteiger partial charge in [0.2, 0.25) is 10.0 Å². The summed E-state index contributed by atoms with van der Waals surface area (Å²) in [5.41, 5.74) is 7.10. The zero-order valence-electron chi connectivity index (χ0n) is 11.5. The Hall–Kier alpha value is -1.11. The molecule has 0 unspecified atom stereocenters. The smallest absolute Gasteiger partial charge is 0.243 e. The van der Waals surface area contributed by atoms with Crippen LogP contribution < -0.4 is 5.73 Å². The summed E-state index contributed by atoms with van der Waals surface area (Å²) in [6, 6.07) is 4.99. The lowest BCUT2D eigenvalue weighted by Gasteiger charge is -2.20. The van der Waals surface area contributed by atoms with Crippen molar-refractivity contribution in [1.29, 1.82) is 0 Å². The molecule has 0 atom stereocenters. The highest BCUT2D eigenvalue weighted by Gasteiger charge is 2.26. The van der Waals surface area contributed by atoms with E-state index < -0.39 is 10.0 Å². The molecular formula is C13H21N3O2S. The second-order valence-electron chi connectivity index (χ2n) is 5.14. The van der Waals surface area contributed by atoms with E-state index >= 15 is 0 Å². The van der Waals surface area contributed by atoms with Crippen LogP contribution in [0.4, 0.5) is 5.69 Å². The van der Waals surface area contributed by atoms with Crippen LogP contribution in [0.5, 0.6) is 0 Å². The first-order valence-corrected chi connectivity index (χ1v) is 7.89. The maximum absolute atomic E-state index is 12.6. The molecule has 0 aromatic heterocycles. The van der Waals surface area contributed by atoms with Crippen molar-refractivity contribution in [3.8, 4) is 0 Å². The summed E-state index contributed by atoms with van der Waals surface area (Å²) < 4.78 is 26.8. The van der Waals surface area contributed by atoms with E-state index in [1.54, 1.807) is 16.4 Å². The van der Waals surface area contributed by atoms with E-state index in [4.69, 9.17) is 5.73 Å². The first kappa shape index (κ1) is 14.3. The van der Waals surface area contributed by atoms with Crippen molar-refractivity contribution in [2.24, 2.45) is 0 Å². The molecular weight excluding hydrogens is 262 g/mol. The number of benzene rings is 1. The van der Waals surface area contributed by atoms with Crippen molar-refractivity contribution >= 4 is 15.7 Å². The first-order valence-electron chi connectivity index (χ1n) is 6.45. The van der Waals surface area contributed by atoms with Gasteiger partial charge in [-0.2, -0.15) is 4.31 Å². The number of nitrogens with two attached hydrogens (primary N) is 1. The zero-order chi connectivity index (χ0) is 14.0. The van der Waals surface area contributed by atoms with Crippen LogP contribution in [0.3, 0.4) is 0 Å². The van der Waals surface area contributed by atoms with Crippen LogP contribution in [-0.4, -0.2) is 50.8 Å². The first-order chi connectivity index (χ1) is 8.89. The molecule has 19 heavy (non-hydrogen) atoms. The molecule has 2 N–H and O–H groups in total. The van der Waals surface area contributed by atoms with Gasteiger partial charge in [-0.15, -0.1) is 0 Å². The third kappa shape index (κ3) is 3.26. The molecule has 1 fully saturated rings.